The van der Waals surface area contributed by atoms with E-state index in [1.807, 2.05) is 29.6 Å². The number of hydrogen-bond acceptors (Lipinski definition) is 5. The maximum atomic E-state index is 12.4. The molecule has 0 aliphatic carbocycles. The van der Waals surface area contributed by atoms with E-state index in [0.717, 1.165) is 10.6 Å². The van der Waals surface area contributed by atoms with Crippen LogP contribution >= 0.6 is 46.3 Å². The zero-order valence-corrected chi connectivity index (χ0v) is 16.8. The quantitative estimate of drug-likeness (QED) is 0.470. The fourth-order valence-corrected chi connectivity index (χ4v) is 5.63. The number of rotatable bonds is 6. The van der Waals surface area contributed by atoms with Crippen LogP contribution in [0.5, 0.6) is 0 Å². The molecule has 0 aliphatic heterocycles. The highest BCUT2D eigenvalue weighted by Crippen LogP contribution is 2.26. The van der Waals surface area contributed by atoms with Crippen molar-refractivity contribution in [1.82, 2.24) is 4.98 Å². The van der Waals surface area contributed by atoms with Crippen LogP contribution in [0.1, 0.15) is 10.7 Å². The maximum Gasteiger partial charge on any atom is 0.184 e. The van der Waals surface area contributed by atoms with Crippen molar-refractivity contribution in [1.29, 1.82) is 0 Å². The molecule has 3 rings (SSSR count). The van der Waals surface area contributed by atoms with Gasteiger partial charge in [0.2, 0.25) is 0 Å². The van der Waals surface area contributed by atoms with Crippen molar-refractivity contribution in [2.24, 2.45) is 0 Å². The van der Waals surface area contributed by atoms with Crippen molar-refractivity contribution in [3.8, 4) is 0 Å². The highest BCUT2D eigenvalue weighted by atomic mass is 35.5. The van der Waals surface area contributed by atoms with E-state index >= 15 is 0 Å². The highest BCUT2D eigenvalue weighted by Gasteiger charge is 2.17. The lowest BCUT2D eigenvalue weighted by Crippen LogP contribution is -2.04. The predicted octanol–water partition coefficient (Wildman–Crippen LogP) is 5.72. The Hall–Kier alpha value is -1.05. The first kappa shape index (κ1) is 18.7. The second-order valence-electron chi connectivity index (χ2n) is 5.19. The third kappa shape index (κ3) is 5.21. The number of thiazole rings is 1. The number of thioether (sulfide) groups is 1. The SMILES string of the molecule is O=S(=O)(Cc1nc(CSc2ccc(Cl)cc2)cs1)c1ccc(Cl)cc1. The largest absolute Gasteiger partial charge is 0.244 e. The summed E-state index contributed by atoms with van der Waals surface area (Å²) >= 11 is 14.7. The van der Waals surface area contributed by atoms with Crippen LogP contribution in [0.4, 0.5) is 0 Å². The minimum atomic E-state index is -3.42. The van der Waals surface area contributed by atoms with E-state index in [-0.39, 0.29) is 10.6 Å². The van der Waals surface area contributed by atoms with Crippen molar-refractivity contribution in [2.45, 2.75) is 21.3 Å². The molecule has 3 aromatic rings. The average Bonchev–Trinajstić information content (AvgIpc) is 3.01. The third-order valence-corrected chi connectivity index (χ3v) is 7.56. The number of hydrogen-bond donors (Lipinski definition) is 0. The summed E-state index contributed by atoms with van der Waals surface area (Å²) in [5.41, 5.74) is 0.867. The summed E-state index contributed by atoms with van der Waals surface area (Å²) in [6.07, 6.45) is 0. The Morgan fingerprint density at radius 1 is 0.960 bits per heavy atom. The van der Waals surface area contributed by atoms with Gasteiger partial charge in [-0.2, -0.15) is 0 Å². The molecule has 1 aromatic heterocycles. The lowest BCUT2D eigenvalue weighted by molar-refractivity contribution is 0.595. The molecule has 25 heavy (non-hydrogen) atoms. The molecule has 0 aliphatic rings. The first-order chi connectivity index (χ1) is 11.9. The molecule has 0 radical (unpaired) electrons. The minimum Gasteiger partial charge on any atom is -0.244 e. The number of sulfone groups is 1. The molecule has 0 saturated carbocycles. The molecule has 8 heteroatoms. The molecular formula is C17H13Cl2NO2S3. The molecule has 130 valence electrons. The Kier molecular flexibility index (Phi) is 6.07. The smallest absolute Gasteiger partial charge is 0.184 e. The Balaban J connectivity index is 1.64. The van der Waals surface area contributed by atoms with Gasteiger partial charge in [-0.1, -0.05) is 23.2 Å². The zero-order valence-electron chi connectivity index (χ0n) is 12.9. The van der Waals surface area contributed by atoms with Crippen LogP contribution in [-0.4, -0.2) is 13.4 Å². The van der Waals surface area contributed by atoms with Gasteiger partial charge in [-0.3, -0.25) is 0 Å². The second kappa shape index (κ2) is 8.10. The van der Waals surface area contributed by atoms with Crippen LogP contribution < -0.4 is 0 Å². The van der Waals surface area contributed by atoms with E-state index in [1.165, 1.54) is 23.5 Å². The van der Waals surface area contributed by atoms with E-state index < -0.39 is 9.84 Å². The van der Waals surface area contributed by atoms with Gasteiger partial charge in [0.25, 0.3) is 0 Å². The molecule has 0 unspecified atom stereocenters. The second-order valence-corrected chi connectivity index (χ2v) is 10.0. The minimum absolute atomic E-state index is 0.106. The zero-order chi connectivity index (χ0) is 17.9. The summed E-state index contributed by atoms with van der Waals surface area (Å²) in [4.78, 5) is 5.78. The van der Waals surface area contributed by atoms with Crippen LogP contribution in [-0.2, 0) is 21.3 Å². The number of aromatic nitrogens is 1. The van der Waals surface area contributed by atoms with E-state index in [2.05, 4.69) is 4.98 Å². The standard InChI is InChI=1S/C17H13Cl2NO2S3/c18-12-1-5-15(6-2-12)23-9-14-10-24-17(20-14)11-25(21,22)16-7-3-13(19)4-8-16/h1-8,10H,9,11H2. The molecule has 2 aromatic carbocycles. The molecule has 0 N–H and O–H groups in total. The molecule has 0 bridgehead atoms. The Morgan fingerprint density at radius 2 is 1.56 bits per heavy atom. The van der Waals surface area contributed by atoms with Crippen molar-refractivity contribution in [3.05, 3.63) is 74.7 Å². The lowest BCUT2D eigenvalue weighted by Gasteiger charge is -2.02. The van der Waals surface area contributed by atoms with Gasteiger partial charge in [-0.25, -0.2) is 13.4 Å². The monoisotopic (exact) mass is 429 g/mol. The third-order valence-electron chi connectivity index (χ3n) is 3.29. The van der Waals surface area contributed by atoms with Gasteiger partial charge in [-0.05, 0) is 48.5 Å². The highest BCUT2D eigenvalue weighted by molar-refractivity contribution is 7.98. The number of nitrogens with zero attached hydrogens (tertiary/aromatic N) is 1. The van der Waals surface area contributed by atoms with Gasteiger partial charge in [0.1, 0.15) is 10.8 Å². The fraction of sp³-hybridized carbons (Fsp3) is 0.118. The van der Waals surface area contributed by atoms with E-state index in [0.29, 0.717) is 20.8 Å². The number of benzene rings is 2. The summed E-state index contributed by atoms with van der Waals surface area (Å²) in [7, 11) is -3.42. The van der Waals surface area contributed by atoms with Crippen LogP contribution in [0, 0.1) is 0 Å². The Morgan fingerprint density at radius 3 is 2.20 bits per heavy atom. The Bertz CT molecular complexity index is 952. The van der Waals surface area contributed by atoms with Crippen LogP contribution in [0.3, 0.4) is 0 Å². The number of halogens is 2. The van der Waals surface area contributed by atoms with Gasteiger partial charge < -0.3 is 0 Å². The molecule has 0 spiro atoms. The van der Waals surface area contributed by atoms with Gasteiger partial charge in [0.15, 0.2) is 9.84 Å². The van der Waals surface area contributed by atoms with Crippen molar-refractivity contribution in [3.63, 3.8) is 0 Å². The van der Waals surface area contributed by atoms with Crippen LogP contribution in [0.25, 0.3) is 0 Å². The van der Waals surface area contributed by atoms with Crippen LogP contribution in [0.15, 0.2) is 63.7 Å². The van der Waals surface area contributed by atoms with E-state index in [9.17, 15) is 8.42 Å². The normalized spacial score (nSPS) is 11.6. The summed E-state index contributed by atoms with van der Waals surface area (Å²) < 4.78 is 24.9. The Labute approximate surface area is 164 Å². The summed E-state index contributed by atoms with van der Waals surface area (Å²) in [5.74, 6) is 0.573. The fourth-order valence-electron chi connectivity index (χ4n) is 2.06. The molecule has 0 saturated heterocycles. The molecule has 0 atom stereocenters. The summed E-state index contributed by atoms with van der Waals surface area (Å²) in [5, 5.41) is 3.69. The first-order valence-corrected chi connectivity index (χ1v) is 11.5. The lowest BCUT2D eigenvalue weighted by atomic mass is 10.4. The van der Waals surface area contributed by atoms with Crippen molar-refractivity contribution < 1.29 is 8.42 Å². The van der Waals surface area contributed by atoms with Gasteiger partial charge in [-0.15, -0.1) is 23.1 Å². The molecule has 0 fully saturated rings. The van der Waals surface area contributed by atoms with Gasteiger partial charge in [0.05, 0.1) is 10.6 Å². The van der Waals surface area contributed by atoms with Gasteiger partial charge >= 0.3 is 0 Å². The average molecular weight is 430 g/mol. The summed E-state index contributed by atoms with van der Waals surface area (Å²) in [6.45, 7) is 0. The van der Waals surface area contributed by atoms with Crippen molar-refractivity contribution in [2.75, 3.05) is 0 Å². The van der Waals surface area contributed by atoms with Crippen LogP contribution in [0.2, 0.25) is 10.0 Å². The predicted molar refractivity (Wildman–Crippen MR) is 105 cm³/mol. The van der Waals surface area contributed by atoms with Gasteiger partial charge in [0, 0.05) is 26.1 Å². The molecule has 0 amide bonds. The molecular weight excluding hydrogens is 417 g/mol. The summed E-state index contributed by atoms with van der Waals surface area (Å²) in [6, 6.07) is 13.8. The van der Waals surface area contributed by atoms with Crippen molar-refractivity contribution >= 4 is 56.1 Å². The maximum absolute atomic E-state index is 12.4. The first-order valence-electron chi connectivity index (χ1n) is 7.22. The van der Waals surface area contributed by atoms with E-state index in [1.54, 1.807) is 23.9 Å². The molecule has 1 heterocycles. The van der Waals surface area contributed by atoms with E-state index in [4.69, 9.17) is 23.2 Å². The topological polar surface area (TPSA) is 47.0 Å². The molecule has 3 nitrogen and oxygen atoms in total.